The highest BCUT2D eigenvalue weighted by Crippen LogP contribution is 2.74. The van der Waals surface area contributed by atoms with E-state index >= 15 is 0 Å². The number of fused-ring (bicyclic) bond motifs is 2. The van der Waals surface area contributed by atoms with Gasteiger partial charge in [-0.15, -0.1) is 0 Å². The summed E-state index contributed by atoms with van der Waals surface area (Å²) in [6.07, 6.45) is 2.98. The average molecular weight is 382 g/mol. The maximum atomic E-state index is 13.8. The van der Waals surface area contributed by atoms with Crippen LogP contribution in [0.1, 0.15) is 25.3 Å². The Kier molecular flexibility index (Phi) is 3.03. The molecule has 6 nitrogen and oxygen atoms in total. The first-order chi connectivity index (χ1) is 13.4. The number of nitrogens with zero attached hydrogens (tertiary/aromatic N) is 2. The van der Waals surface area contributed by atoms with E-state index in [1.165, 1.54) is 12.7 Å². The molecular weight excluding hydrogens is 356 g/mol. The third-order valence-electron chi connectivity index (χ3n) is 8.42. The summed E-state index contributed by atoms with van der Waals surface area (Å²) >= 11 is 0. The number of piperidine rings is 2. The summed E-state index contributed by atoms with van der Waals surface area (Å²) in [4.78, 5) is 18.3. The summed E-state index contributed by atoms with van der Waals surface area (Å²) in [7, 11) is 3.43. The Morgan fingerprint density at radius 3 is 2.93 bits per heavy atom. The summed E-state index contributed by atoms with van der Waals surface area (Å²) in [6.45, 7) is 3.51. The molecule has 1 aromatic rings. The highest BCUT2D eigenvalue weighted by Gasteiger charge is 2.86. The van der Waals surface area contributed by atoms with E-state index in [4.69, 9.17) is 9.47 Å². The van der Waals surface area contributed by atoms with E-state index in [0.717, 1.165) is 24.2 Å². The maximum Gasteiger partial charge on any atom is 0.318 e. The van der Waals surface area contributed by atoms with E-state index in [1.54, 1.807) is 0 Å². The van der Waals surface area contributed by atoms with Gasteiger partial charge in [-0.2, -0.15) is 0 Å². The molecule has 1 aromatic carbocycles. The molecule has 0 amide bonds. The van der Waals surface area contributed by atoms with Crippen molar-refractivity contribution in [1.29, 1.82) is 0 Å². The van der Waals surface area contributed by atoms with Gasteiger partial charge in [0.2, 0.25) is 0 Å². The van der Waals surface area contributed by atoms with Crippen molar-refractivity contribution in [2.75, 3.05) is 32.1 Å². The Morgan fingerprint density at radius 2 is 2.18 bits per heavy atom. The number of methoxy groups -OCH3 is 1. The lowest BCUT2D eigenvalue weighted by molar-refractivity contribution is -0.247. The quantitative estimate of drug-likeness (QED) is 0.589. The van der Waals surface area contributed by atoms with Crippen LogP contribution in [0.3, 0.4) is 0 Å². The molecule has 6 heteroatoms. The smallest absolute Gasteiger partial charge is 0.318 e. The molecule has 7 unspecified atom stereocenters. The van der Waals surface area contributed by atoms with Crippen molar-refractivity contribution in [3.8, 4) is 0 Å². The fourth-order valence-electron chi connectivity index (χ4n) is 7.45. The largest absolute Gasteiger partial charge is 0.468 e. The number of benzene rings is 1. The molecule has 8 rings (SSSR count). The van der Waals surface area contributed by atoms with E-state index < -0.39 is 22.8 Å². The lowest BCUT2D eigenvalue weighted by Crippen LogP contribution is -2.69. The predicted molar refractivity (Wildman–Crippen MR) is 103 cm³/mol. The molecule has 6 fully saturated rings. The van der Waals surface area contributed by atoms with Crippen LogP contribution in [0.2, 0.25) is 0 Å². The van der Waals surface area contributed by atoms with Gasteiger partial charge in [0.25, 0.3) is 0 Å². The van der Waals surface area contributed by atoms with Crippen molar-refractivity contribution < 1.29 is 19.4 Å². The second-order valence-corrected chi connectivity index (χ2v) is 9.06. The number of hydrogen-bond donors (Lipinski definition) is 1. The number of anilines is 1. The zero-order chi connectivity index (χ0) is 19.5. The van der Waals surface area contributed by atoms with Gasteiger partial charge in [0, 0.05) is 44.2 Å². The molecule has 1 spiro atoms. The zero-order valence-corrected chi connectivity index (χ0v) is 16.5. The minimum absolute atomic E-state index is 0.00830. The lowest BCUT2D eigenvalue weighted by Gasteiger charge is -2.55. The van der Waals surface area contributed by atoms with Crippen molar-refractivity contribution >= 4 is 11.7 Å². The van der Waals surface area contributed by atoms with Gasteiger partial charge in [-0.3, -0.25) is 9.69 Å². The SMILES string of the molecule is CC=C1CN2CC34c5ccccc5N(C)C5OC3(O)CC2CC1C54C(=O)OC. The molecule has 7 aliphatic rings. The molecule has 7 atom stereocenters. The monoisotopic (exact) mass is 382 g/mol. The van der Waals surface area contributed by atoms with Gasteiger partial charge in [0.1, 0.15) is 5.41 Å². The first kappa shape index (κ1) is 17.0. The first-order valence-corrected chi connectivity index (χ1v) is 10.1. The topological polar surface area (TPSA) is 62.2 Å². The van der Waals surface area contributed by atoms with Gasteiger partial charge >= 0.3 is 5.97 Å². The predicted octanol–water partition coefficient (Wildman–Crippen LogP) is 1.63. The first-order valence-electron chi connectivity index (χ1n) is 10.1. The molecule has 28 heavy (non-hydrogen) atoms. The van der Waals surface area contributed by atoms with Crippen LogP contribution >= 0.6 is 0 Å². The molecule has 7 bridgehead atoms. The third kappa shape index (κ3) is 1.45. The zero-order valence-electron chi connectivity index (χ0n) is 16.5. The second kappa shape index (κ2) is 4.99. The minimum atomic E-state index is -1.38. The Labute approximate surface area is 164 Å². The normalized spacial score (nSPS) is 48.6. The van der Waals surface area contributed by atoms with Gasteiger partial charge in [-0.05, 0) is 25.0 Å². The number of aliphatic hydroxyl groups is 1. The highest BCUT2D eigenvalue weighted by molar-refractivity contribution is 5.87. The fourth-order valence-corrected chi connectivity index (χ4v) is 7.45. The molecule has 1 N–H and O–H groups in total. The average Bonchev–Trinajstić information content (AvgIpc) is 2.82. The molecule has 0 aromatic heterocycles. The molecular formula is C22H26N2O4. The van der Waals surface area contributed by atoms with Crippen molar-refractivity contribution in [3.05, 3.63) is 41.5 Å². The molecule has 0 radical (unpaired) electrons. The Bertz CT molecular complexity index is 931. The minimum Gasteiger partial charge on any atom is -0.468 e. The number of carbonyl (C=O) groups excluding carboxylic acids is 1. The van der Waals surface area contributed by atoms with Crippen LogP contribution in [0.4, 0.5) is 5.69 Å². The van der Waals surface area contributed by atoms with Crippen molar-refractivity contribution in [2.45, 2.75) is 43.2 Å². The number of esters is 1. The van der Waals surface area contributed by atoms with E-state index in [0.29, 0.717) is 13.0 Å². The van der Waals surface area contributed by atoms with Crippen molar-refractivity contribution in [2.24, 2.45) is 11.3 Å². The second-order valence-electron chi connectivity index (χ2n) is 9.06. The van der Waals surface area contributed by atoms with Crippen LogP contribution in [0.25, 0.3) is 0 Å². The molecule has 6 aliphatic heterocycles. The van der Waals surface area contributed by atoms with Gasteiger partial charge in [-0.25, -0.2) is 0 Å². The third-order valence-corrected chi connectivity index (χ3v) is 8.42. The summed E-state index contributed by atoms with van der Waals surface area (Å²) < 4.78 is 12.0. The molecule has 148 valence electrons. The Morgan fingerprint density at radius 1 is 1.39 bits per heavy atom. The van der Waals surface area contributed by atoms with E-state index in [9.17, 15) is 9.90 Å². The van der Waals surface area contributed by atoms with Crippen LogP contribution in [0, 0.1) is 11.3 Å². The van der Waals surface area contributed by atoms with Crippen LogP contribution in [0.5, 0.6) is 0 Å². The van der Waals surface area contributed by atoms with Crippen LogP contribution in [-0.4, -0.2) is 61.3 Å². The van der Waals surface area contributed by atoms with E-state index in [1.807, 2.05) is 24.1 Å². The molecule has 1 saturated carbocycles. The molecule has 5 saturated heterocycles. The molecule has 1 aliphatic carbocycles. The lowest BCUT2D eigenvalue weighted by atomic mass is 9.50. The van der Waals surface area contributed by atoms with Crippen LogP contribution in [0.15, 0.2) is 35.9 Å². The van der Waals surface area contributed by atoms with Gasteiger partial charge in [-0.1, -0.05) is 29.8 Å². The summed E-state index contributed by atoms with van der Waals surface area (Å²) in [6, 6.07) is 8.36. The summed E-state index contributed by atoms with van der Waals surface area (Å²) in [5.41, 5.74) is 1.49. The number of rotatable bonds is 1. The Balaban J connectivity index is 1.79. The maximum absolute atomic E-state index is 13.8. The molecule has 6 heterocycles. The fraction of sp³-hybridized carbons (Fsp3) is 0.591. The van der Waals surface area contributed by atoms with Gasteiger partial charge in [0.15, 0.2) is 12.0 Å². The van der Waals surface area contributed by atoms with Crippen molar-refractivity contribution in [1.82, 2.24) is 4.90 Å². The van der Waals surface area contributed by atoms with E-state index in [-0.39, 0.29) is 17.9 Å². The van der Waals surface area contributed by atoms with Gasteiger partial charge in [0.05, 0.1) is 12.5 Å². The van der Waals surface area contributed by atoms with Crippen LogP contribution < -0.4 is 4.90 Å². The summed E-state index contributed by atoms with van der Waals surface area (Å²) in [5.74, 6) is -1.65. The number of carbonyl (C=O) groups is 1. The highest BCUT2D eigenvalue weighted by atomic mass is 16.7. The van der Waals surface area contributed by atoms with Crippen molar-refractivity contribution in [3.63, 3.8) is 0 Å². The number of ether oxygens (including phenoxy) is 2. The number of allylic oxidation sites excluding steroid dienone is 1. The van der Waals surface area contributed by atoms with Gasteiger partial charge < -0.3 is 19.5 Å². The number of hydrogen-bond acceptors (Lipinski definition) is 6. The van der Waals surface area contributed by atoms with Crippen LogP contribution in [-0.2, 0) is 19.7 Å². The standard InChI is InChI=1S/C22H26N2O4/c1-4-13-11-24-12-20-15-7-5-6-8-17(15)23(2)18-22(20,19(25)27-3)16(13)9-14(24)10-21(20,26)28-18/h4-8,14,16,18,26H,9-12H2,1-3H3. The van der Waals surface area contributed by atoms with E-state index in [2.05, 4.69) is 30.0 Å². The number of para-hydroxylation sites is 1. The summed E-state index contributed by atoms with van der Waals surface area (Å²) in [5, 5.41) is 12.0. The Hall–Kier alpha value is -1.89.